The van der Waals surface area contributed by atoms with Crippen LogP contribution >= 0.6 is 12.2 Å². The predicted molar refractivity (Wildman–Crippen MR) is 120 cm³/mol. The summed E-state index contributed by atoms with van der Waals surface area (Å²) in [6.45, 7) is 0. The van der Waals surface area contributed by atoms with Crippen molar-refractivity contribution in [3.05, 3.63) is 85.5 Å². The summed E-state index contributed by atoms with van der Waals surface area (Å²) in [5.74, 6) is 0.0426. The van der Waals surface area contributed by atoms with E-state index >= 15 is 0 Å². The van der Waals surface area contributed by atoms with Gasteiger partial charge in [0.1, 0.15) is 0 Å². The topological polar surface area (TPSA) is 128 Å². The summed E-state index contributed by atoms with van der Waals surface area (Å²) in [5, 5.41) is 28.4. The standard InChI is InChI=1S/C21H19N5O4S/c22-21(31)24-20(14-6-10-17(11-7-14)26(29)30)18-3-1-2-15(19(18)23-24)12-13-4-8-16(9-5-13)25(27)28/h4-12,18,20H,1-3H2,(H2,22,31). The van der Waals surface area contributed by atoms with E-state index in [1.807, 2.05) is 6.08 Å². The molecule has 2 aromatic carbocycles. The first-order valence-electron chi connectivity index (χ1n) is 9.72. The number of non-ortho nitro benzene ring substituents is 2. The van der Waals surface area contributed by atoms with Crippen molar-refractivity contribution in [1.29, 1.82) is 0 Å². The van der Waals surface area contributed by atoms with Crippen LogP contribution in [0.3, 0.4) is 0 Å². The van der Waals surface area contributed by atoms with Gasteiger partial charge >= 0.3 is 0 Å². The van der Waals surface area contributed by atoms with Crippen molar-refractivity contribution in [1.82, 2.24) is 5.01 Å². The smallest absolute Gasteiger partial charge is 0.269 e. The lowest BCUT2D eigenvalue weighted by atomic mass is 9.77. The average molecular weight is 437 g/mol. The zero-order chi connectivity index (χ0) is 22.1. The molecule has 0 bridgehead atoms. The molecule has 0 spiro atoms. The van der Waals surface area contributed by atoms with Crippen molar-refractivity contribution in [2.24, 2.45) is 16.8 Å². The molecule has 0 amide bonds. The summed E-state index contributed by atoms with van der Waals surface area (Å²) in [6, 6.07) is 12.5. The summed E-state index contributed by atoms with van der Waals surface area (Å²) < 4.78 is 0. The second kappa shape index (κ2) is 8.23. The van der Waals surface area contributed by atoms with Crippen molar-refractivity contribution in [2.75, 3.05) is 0 Å². The molecule has 1 aliphatic heterocycles. The Labute approximate surface area is 183 Å². The molecule has 1 heterocycles. The van der Waals surface area contributed by atoms with E-state index in [4.69, 9.17) is 23.1 Å². The van der Waals surface area contributed by atoms with E-state index in [2.05, 4.69) is 0 Å². The Morgan fingerprint density at radius 2 is 1.65 bits per heavy atom. The molecular weight excluding hydrogens is 418 g/mol. The number of fused-ring (bicyclic) bond motifs is 1. The molecule has 2 unspecified atom stereocenters. The van der Waals surface area contributed by atoms with E-state index in [1.165, 1.54) is 24.3 Å². The Kier molecular flexibility index (Phi) is 5.47. The van der Waals surface area contributed by atoms with E-state index < -0.39 is 9.85 Å². The SMILES string of the molecule is NC(=S)N1N=C2C(=Cc3ccc([N+](=O)[O-])cc3)CCCC2C1c1ccc([N+](=O)[O-])cc1. The van der Waals surface area contributed by atoms with Crippen LogP contribution in [0.25, 0.3) is 6.08 Å². The molecule has 10 heteroatoms. The first-order valence-corrected chi connectivity index (χ1v) is 10.1. The van der Waals surface area contributed by atoms with Crippen LogP contribution in [0.5, 0.6) is 0 Å². The van der Waals surface area contributed by atoms with Gasteiger partial charge in [-0.2, -0.15) is 5.10 Å². The Morgan fingerprint density at radius 1 is 1.06 bits per heavy atom. The number of nitro groups is 2. The second-order valence-electron chi connectivity index (χ2n) is 7.48. The van der Waals surface area contributed by atoms with Crippen LogP contribution in [0.15, 0.2) is 59.2 Å². The van der Waals surface area contributed by atoms with Gasteiger partial charge in [-0.25, -0.2) is 5.01 Å². The molecule has 2 aliphatic rings. The summed E-state index contributed by atoms with van der Waals surface area (Å²) in [7, 11) is 0. The molecule has 9 nitrogen and oxygen atoms in total. The number of hydrazone groups is 1. The lowest BCUT2D eigenvalue weighted by Gasteiger charge is -2.29. The van der Waals surface area contributed by atoms with Gasteiger partial charge < -0.3 is 5.73 Å². The molecule has 1 fully saturated rings. The molecule has 0 saturated heterocycles. The number of nitro benzene ring substituents is 2. The zero-order valence-corrected chi connectivity index (χ0v) is 17.2. The van der Waals surface area contributed by atoms with Crippen molar-refractivity contribution < 1.29 is 9.85 Å². The Balaban J connectivity index is 1.68. The van der Waals surface area contributed by atoms with Gasteiger partial charge in [-0.05, 0) is 66.4 Å². The quantitative estimate of drug-likeness (QED) is 0.428. The van der Waals surface area contributed by atoms with Gasteiger partial charge in [0, 0.05) is 30.2 Å². The van der Waals surface area contributed by atoms with E-state index in [-0.39, 0.29) is 28.4 Å². The maximum atomic E-state index is 11.0. The predicted octanol–water partition coefficient (Wildman–Crippen LogP) is 4.34. The minimum atomic E-state index is -0.433. The molecule has 158 valence electrons. The molecule has 1 aliphatic carbocycles. The molecule has 0 aromatic heterocycles. The van der Waals surface area contributed by atoms with Gasteiger partial charge in [0.05, 0.1) is 21.6 Å². The van der Waals surface area contributed by atoms with Crippen LogP contribution < -0.4 is 5.73 Å². The Morgan fingerprint density at radius 3 is 2.19 bits per heavy atom. The van der Waals surface area contributed by atoms with E-state index in [0.29, 0.717) is 0 Å². The van der Waals surface area contributed by atoms with E-state index in [0.717, 1.165) is 41.7 Å². The molecule has 4 rings (SSSR count). The minimum absolute atomic E-state index is 0.0205. The van der Waals surface area contributed by atoms with Crippen molar-refractivity contribution in [3.63, 3.8) is 0 Å². The first kappa shape index (κ1) is 20.6. The Hall–Kier alpha value is -3.66. The molecular formula is C21H19N5O4S. The monoisotopic (exact) mass is 437 g/mol. The number of nitrogens with zero attached hydrogens (tertiary/aromatic N) is 4. The maximum absolute atomic E-state index is 11.0. The lowest BCUT2D eigenvalue weighted by molar-refractivity contribution is -0.385. The van der Waals surface area contributed by atoms with Crippen LogP contribution in [0, 0.1) is 26.1 Å². The van der Waals surface area contributed by atoms with Gasteiger partial charge in [0.25, 0.3) is 11.4 Å². The molecule has 0 radical (unpaired) electrons. The van der Waals surface area contributed by atoms with Crippen molar-refractivity contribution >= 4 is 40.5 Å². The highest BCUT2D eigenvalue weighted by atomic mass is 32.1. The largest absolute Gasteiger partial charge is 0.375 e. The van der Waals surface area contributed by atoms with Crippen molar-refractivity contribution in [2.45, 2.75) is 25.3 Å². The molecule has 2 aromatic rings. The molecule has 2 N–H and O–H groups in total. The van der Waals surface area contributed by atoms with Gasteiger partial charge in [-0.1, -0.05) is 12.1 Å². The highest BCUT2D eigenvalue weighted by molar-refractivity contribution is 7.80. The van der Waals surface area contributed by atoms with E-state index in [9.17, 15) is 20.2 Å². The zero-order valence-electron chi connectivity index (χ0n) is 16.4. The third kappa shape index (κ3) is 4.02. The van der Waals surface area contributed by atoms with Crippen molar-refractivity contribution in [3.8, 4) is 0 Å². The van der Waals surface area contributed by atoms with E-state index in [1.54, 1.807) is 29.3 Å². The third-order valence-corrected chi connectivity index (χ3v) is 5.80. The third-order valence-electron chi connectivity index (χ3n) is 5.62. The van der Waals surface area contributed by atoms with Crippen LogP contribution in [0.2, 0.25) is 0 Å². The first-order chi connectivity index (χ1) is 14.8. The van der Waals surface area contributed by atoms with Crippen LogP contribution in [0.1, 0.15) is 36.4 Å². The summed E-state index contributed by atoms with van der Waals surface area (Å²) in [4.78, 5) is 21.0. The number of thiocarbonyl (C=S) groups is 1. The fourth-order valence-electron chi connectivity index (χ4n) is 4.20. The normalized spacial score (nSPS) is 21.5. The summed E-state index contributed by atoms with van der Waals surface area (Å²) in [6.07, 6.45) is 4.64. The van der Waals surface area contributed by atoms with Crippen LogP contribution in [-0.2, 0) is 0 Å². The molecule has 1 saturated carbocycles. The summed E-state index contributed by atoms with van der Waals surface area (Å²) in [5.41, 5.74) is 9.66. The lowest BCUT2D eigenvalue weighted by Crippen LogP contribution is -2.34. The van der Waals surface area contributed by atoms with Gasteiger partial charge in [0.2, 0.25) is 0 Å². The molecule has 31 heavy (non-hydrogen) atoms. The summed E-state index contributed by atoms with van der Waals surface area (Å²) >= 11 is 5.23. The number of nitrogens with two attached hydrogens (primary N) is 1. The number of benzene rings is 2. The Bertz CT molecular complexity index is 1110. The van der Waals surface area contributed by atoms with Gasteiger partial charge in [0.15, 0.2) is 5.11 Å². The molecule has 2 atom stereocenters. The maximum Gasteiger partial charge on any atom is 0.269 e. The highest BCUT2D eigenvalue weighted by Crippen LogP contribution is 2.44. The number of hydrogen-bond donors (Lipinski definition) is 1. The average Bonchev–Trinajstić information content (AvgIpc) is 3.15. The number of rotatable bonds is 4. The minimum Gasteiger partial charge on any atom is -0.375 e. The van der Waals surface area contributed by atoms with Crippen LogP contribution in [0.4, 0.5) is 11.4 Å². The van der Waals surface area contributed by atoms with Crippen LogP contribution in [-0.4, -0.2) is 25.7 Å². The van der Waals surface area contributed by atoms with Gasteiger partial charge in [-0.15, -0.1) is 0 Å². The number of allylic oxidation sites excluding steroid dienone is 1. The second-order valence-corrected chi connectivity index (χ2v) is 7.90. The van der Waals surface area contributed by atoms with Gasteiger partial charge in [-0.3, -0.25) is 20.2 Å². The fraction of sp³-hybridized carbons (Fsp3) is 0.238. The fourth-order valence-corrected chi connectivity index (χ4v) is 4.36. The number of hydrogen-bond acceptors (Lipinski definition) is 6. The highest BCUT2D eigenvalue weighted by Gasteiger charge is 2.42.